The van der Waals surface area contributed by atoms with Gasteiger partial charge < -0.3 is 48.0 Å². The van der Waals surface area contributed by atoms with Gasteiger partial charge in [-0.3, -0.25) is 0 Å². The van der Waals surface area contributed by atoms with Crippen molar-refractivity contribution >= 4 is 40.7 Å². The molecule has 0 unspecified atom stereocenters. The SMILES string of the molecule is C[c-]1c([Si](C)c2cc3ccccc3[cH-]2)cc2ccccc21.[Hf+4].[I-].[I-]. The van der Waals surface area contributed by atoms with E-state index in [1.54, 1.807) is 5.19 Å². The summed E-state index contributed by atoms with van der Waals surface area (Å²) < 4.78 is 0. The summed E-state index contributed by atoms with van der Waals surface area (Å²) in [5, 5.41) is 8.59. The van der Waals surface area contributed by atoms with Gasteiger partial charge >= 0.3 is 25.8 Å². The van der Waals surface area contributed by atoms with Crippen molar-refractivity contribution in [1.29, 1.82) is 0 Å². The molecule has 0 bridgehead atoms. The Morgan fingerprint density at radius 1 is 0.875 bits per heavy atom. The van der Waals surface area contributed by atoms with Gasteiger partial charge in [0.1, 0.15) is 0 Å². The van der Waals surface area contributed by atoms with Gasteiger partial charge in [-0.05, 0) is 0 Å². The van der Waals surface area contributed by atoms with E-state index < -0.39 is 8.80 Å². The normalized spacial score (nSPS) is 10.3. The Balaban J connectivity index is 0.000000960. The minimum absolute atomic E-state index is 0. The molecular weight excluding hydrogens is 701 g/mol. The van der Waals surface area contributed by atoms with Crippen LogP contribution in [-0.2, 0) is 25.8 Å². The monoisotopic (exact) mass is 719 g/mol. The fraction of sp³-hybridized carbons (Fsp3) is 0.100. The standard InChI is InChI=1S/C20H17Si.Hf.2HI/c1-14-19-10-6-5-9-17(19)13-20(14)21(2)18-11-15-7-3-4-8-16(15)12-18;;;/h3-13H,1-2H3;;2*1H/q-2;+4;;/p-2. The molecular formula is C20H17HfI2Si. The Hall–Kier alpha value is 0.207. The molecule has 4 heteroatoms. The number of rotatable bonds is 2. The molecule has 4 aromatic rings. The predicted molar refractivity (Wildman–Crippen MR) is 94.7 cm³/mol. The van der Waals surface area contributed by atoms with Crippen molar-refractivity contribution in [2.75, 3.05) is 0 Å². The molecule has 4 rings (SSSR count). The zero-order chi connectivity index (χ0) is 14.4. The van der Waals surface area contributed by atoms with E-state index in [2.05, 4.69) is 80.2 Å². The van der Waals surface area contributed by atoms with Gasteiger partial charge in [-0.15, -0.1) is 74.6 Å². The van der Waals surface area contributed by atoms with Crippen LogP contribution in [0.1, 0.15) is 5.56 Å². The van der Waals surface area contributed by atoms with Gasteiger partial charge in [0, 0.05) is 0 Å². The molecule has 0 aliphatic carbocycles. The second kappa shape index (κ2) is 9.23. The van der Waals surface area contributed by atoms with Crippen LogP contribution in [0.3, 0.4) is 0 Å². The molecule has 0 aliphatic heterocycles. The second-order valence-corrected chi connectivity index (χ2v) is 8.13. The largest absolute Gasteiger partial charge is 4.00 e. The van der Waals surface area contributed by atoms with E-state index in [0.29, 0.717) is 0 Å². The molecule has 0 heterocycles. The molecule has 0 nitrogen and oxygen atoms in total. The minimum Gasteiger partial charge on any atom is -1.00 e. The number of benzene rings is 2. The maximum atomic E-state index is 2.42. The van der Waals surface area contributed by atoms with Gasteiger partial charge in [-0.2, -0.15) is 17.5 Å². The molecule has 0 aromatic heterocycles. The van der Waals surface area contributed by atoms with Crippen LogP contribution in [0.5, 0.6) is 0 Å². The molecule has 0 N–H and O–H groups in total. The molecule has 4 aromatic carbocycles. The zero-order valence-corrected chi connectivity index (χ0v) is 22.5. The van der Waals surface area contributed by atoms with Crippen molar-refractivity contribution in [3.8, 4) is 0 Å². The molecule has 0 fully saturated rings. The van der Waals surface area contributed by atoms with Crippen LogP contribution < -0.4 is 58.3 Å². The number of fused-ring (bicyclic) bond motifs is 2. The van der Waals surface area contributed by atoms with E-state index in [1.165, 1.54) is 32.3 Å². The van der Waals surface area contributed by atoms with Gasteiger partial charge in [0.25, 0.3) is 0 Å². The van der Waals surface area contributed by atoms with Crippen LogP contribution in [0, 0.1) is 6.92 Å². The smallest absolute Gasteiger partial charge is 1.00 e. The molecule has 1 radical (unpaired) electrons. The fourth-order valence-corrected chi connectivity index (χ4v) is 5.41. The average Bonchev–Trinajstić information content (AvgIpc) is 3.08. The van der Waals surface area contributed by atoms with Crippen LogP contribution in [0.15, 0.2) is 66.7 Å². The molecule has 0 saturated carbocycles. The summed E-state index contributed by atoms with van der Waals surface area (Å²) >= 11 is 0. The van der Waals surface area contributed by atoms with Gasteiger partial charge in [-0.1, -0.05) is 25.6 Å². The number of halogens is 2. The van der Waals surface area contributed by atoms with Crippen molar-refractivity contribution in [2.45, 2.75) is 13.5 Å². The van der Waals surface area contributed by atoms with E-state index in [1.807, 2.05) is 0 Å². The molecule has 0 spiro atoms. The van der Waals surface area contributed by atoms with Gasteiger partial charge in [-0.25, -0.2) is 0 Å². The van der Waals surface area contributed by atoms with E-state index in [4.69, 9.17) is 0 Å². The predicted octanol–water partition coefficient (Wildman–Crippen LogP) is -2.02. The summed E-state index contributed by atoms with van der Waals surface area (Å²) in [6.45, 7) is 4.69. The summed E-state index contributed by atoms with van der Waals surface area (Å²) in [6, 6.07) is 24.5. The molecule has 119 valence electrons. The van der Waals surface area contributed by atoms with E-state index in [9.17, 15) is 0 Å². The van der Waals surface area contributed by atoms with Gasteiger partial charge in [0.05, 0.1) is 8.80 Å². The topological polar surface area (TPSA) is 0 Å². The number of hydrogen-bond donors (Lipinski definition) is 0. The summed E-state index contributed by atoms with van der Waals surface area (Å²) in [7, 11) is -0.697. The summed E-state index contributed by atoms with van der Waals surface area (Å²) in [5.41, 5.74) is 1.47. The first-order valence-electron chi connectivity index (χ1n) is 7.39. The maximum Gasteiger partial charge on any atom is 4.00 e. The summed E-state index contributed by atoms with van der Waals surface area (Å²) in [5.74, 6) is 0. The maximum absolute atomic E-state index is 2.42. The number of aryl methyl sites for hydroxylation is 1. The molecule has 24 heavy (non-hydrogen) atoms. The van der Waals surface area contributed by atoms with Crippen molar-refractivity contribution in [2.24, 2.45) is 0 Å². The van der Waals surface area contributed by atoms with E-state index >= 15 is 0 Å². The molecule has 0 aliphatic rings. The van der Waals surface area contributed by atoms with Crippen LogP contribution in [0.25, 0.3) is 21.5 Å². The van der Waals surface area contributed by atoms with Crippen LogP contribution in [0.4, 0.5) is 0 Å². The Bertz CT molecular complexity index is 906. The Morgan fingerprint density at radius 2 is 1.50 bits per heavy atom. The first-order valence-corrected chi connectivity index (χ1v) is 9.39. The molecule has 0 saturated heterocycles. The minimum atomic E-state index is -0.697. The van der Waals surface area contributed by atoms with Gasteiger partial charge in [0.15, 0.2) is 0 Å². The summed E-state index contributed by atoms with van der Waals surface area (Å²) in [6.07, 6.45) is 0. The van der Waals surface area contributed by atoms with Crippen molar-refractivity contribution in [3.05, 3.63) is 72.3 Å². The third-order valence-corrected chi connectivity index (χ3v) is 7.01. The van der Waals surface area contributed by atoms with E-state index in [-0.39, 0.29) is 73.8 Å². The molecule has 0 atom stereocenters. The second-order valence-electron chi connectivity index (χ2n) is 5.77. The van der Waals surface area contributed by atoms with Crippen LogP contribution in [-0.4, -0.2) is 8.80 Å². The summed E-state index contributed by atoms with van der Waals surface area (Å²) in [4.78, 5) is 0. The third-order valence-electron chi connectivity index (χ3n) is 4.52. The van der Waals surface area contributed by atoms with Crippen LogP contribution >= 0.6 is 0 Å². The first-order chi connectivity index (χ1) is 10.2. The van der Waals surface area contributed by atoms with Gasteiger partial charge in [0.2, 0.25) is 0 Å². The zero-order valence-electron chi connectivity index (χ0n) is 13.6. The first kappa shape index (κ1) is 22.2. The molecule has 0 amide bonds. The number of hydrogen-bond acceptors (Lipinski definition) is 0. The van der Waals surface area contributed by atoms with Crippen LogP contribution in [0.2, 0.25) is 6.55 Å². The van der Waals surface area contributed by atoms with Crippen molar-refractivity contribution < 1.29 is 73.8 Å². The Labute approximate surface area is 198 Å². The third kappa shape index (κ3) is 3.96. The van der Waals surface area contributed by atoms with Crippen molar-refractivity contribution in [1.82, 2.24) is 0 Å². The Morgan fingerprint density at radius 3 is 2.17 bits per heavy atom. The quantitative estimate of drug-likeness (QED) is 0.128. The average molecular weight is 718 g/mol. The fourth-order valence-electron chi connectivity index (χ4n) is 3.29. The van der Waals surface area contributed by atoms with E-state index in [0.717, 1.165) is 0 Å². The Kier molecular flexibility index (Phi) is 8.56. The van der Waals surface area contributed by atoms with Crippen molar-refractivity contribution in [3.63, 3.8) is 0 Å².